The van der Waals surface area contributed by atoms with Crippen LogP contribution in [0, 0.1) is 6.92 Å². The number of amides is 2. The number of ketones is 1. The van der Waals surface area contributed by atoms with Crippen LogP contribution in [0.1, 0.15) is 37.4 Å². The lowest BCUT2D eigenvalue weighted by Crippen LogP contribution is -2.30. The maximum Gasteiger partial charge on any atom is 0.272 e. The van der Waals surface area contributed by atoms with Crippen LogP contribution in [-0.4, -0.2) is 31.8 Å². The number of allylic oxidation sites excluding steroid dienone is 1. The minimum absolute atomic E-state index is 0.00324. The molecule has 0 unspecified atom stereocenters. The van der Waals surface area contributed by atoms with Gasteiger partial charge in [-0.05, 0) is 73.2 Å². The van der Waals surface area contributed by atoms with Gasteiger partial charge in [-0.25, -0.2) is 0 Å². The summed E-state index contributed by atoms with van der Waals surface area (Å²) >= 11 is 0. The predicted molar refractivity (Wildman–Crippen MR) is 161 cm³/mol. The minimum atomic E-state index is -0.550. The fourth-order valence-electron chi connectivity index (χ4n) is 3.90. The molecular weight excluding hydrogens is 516 g/mol. The molecule has 41 heavy (non-hydrogen) atoms. The zero-order valence-corrected chi connectivity index (χ0v) is 23.0. The maximum atomic E-state index is 13.4. The molecule has 0 bridgehead atoms. The fraction of sp³-hybridized carbons (Fsp3) is 0.0882. The third-order valence-corrected chi connectivity index (χ3v) is 6.20. The van der Waals surface area contributed by atoms with Gasteiger partial charge in [0.05, 0.1) is 14.2 Å². The Labute approximate surface area is 239 Å². The van der Waals surface area contributed by atoms with Crippen molar-refractivity contribution >= 4 is 35.4 Å². The molecule has 4 rings (SSSR count). The number of rotatable bonds is 10. The van der Waals surface area contributed by atoms with Gasteiger partial charge in [-0.3, -0.25) is 14.4 Å². The Hall–Kier alpha value is -5.43. The van der Waals surface area contributed by atoms with Crippen LogP contribution in [0.15, 0.2) is 109 Å². The number of aryl methyl sites for hydroxylation is 1. The van der Waals surface area contributed by atoms with Gasteiger partial charge >= 0.3 is 0 Å². The number of carbonyl (C=O) groups is 3. The van der Waals surface area contributed by atoms with E-state index in [1.54, 1.807) is 86.0 Å². The van der Waals surface area contributed by atoms with E-state index < -0.39 is 11.8 Å². The van der Waals surface area contributed by atoms with Crippen molar-refractivity contribution in [1.29, 1.82) is 0 Å². The van der Waals surface area contributed by atoms with Crippen molar-refractivity contribution in [2.45, 2.75) is 6.92 Å². The van der Waals surface area contributed by atoms with Crippen molar-refractivity contribution in [2.75, 3.05) is 19.5 Å². The van der Waals surface area contributed by atoms with E-state index in [4.69, 9.17) is 9.47 Å². The molecule has 0 saturated heterocycles. The zero-order chi connectivity index (χ0) is 29.2. The van der Waals surface area contributed by atoms with Crippen LogP contribution in [0.25, 0.3) is 12.2 Å². The number of hydrogen-bond donors (Lipinski definition) is 2. The fourth-order valence-corrected chi connectivity index (χ4v) is 3.90. The first-order valence-corrected chi connectivity index (χ1v) is 12.9. The van der Waals surface area contributed by atoms with E-state index in [9.17, 15) is 14.4 Å². The Balaban J connectivity index is 1.54. The molecule has 0 aliphatic carbocycles. The van der Waals surface area contributed by atoms with Crippen LogP contribution < -0.4 is 20.1 Å². The molecule has 0 heterocycles. The van der Waals surface area contributed by atoms with Crippen LogP contribution in [-0.2, 0) is 4.79 Å². The van der Waals surface area contributed by atoms with Gasteiger partial charge in [-0.15, -0.1) is 0 Å². The Bertz CT molecular complexity index is 1590. The van der Waals surface area contributed by atoms with E-state index in [0.717, 1.165) is 11.1 Å². The number of benzene rings is 4. The first-order chi connectivity index (χ1) is 19.9. The predicted octanol–water partition coefficient (Wildman–Crippen LogP) is 6.32. The van der Waals surface area contributed by atoms with Gasteiger partial charge in [0.2, 0.25) is 0 Å². The highest BCUT2D eigenvalue weighted by Crippen LogP contribution is 2.26. The molecule has 0 spiro atoms. The third-order valence-electron chi connectivity index (χ3n) is 6.20. The summed E-state index contributed by atoms with van der Waals surface area (Å²) in [6, 6.07) is 28.1. The lowest BCUT2D eigenvalue weighted by molar-refractivity contribution is -0.113. The molecule has 4 aromatic carbocycles. The molecule has 7 heteroatoms. The highest BCUT2D eigenvalue weighted by Gasteiger charge is 2.17. The number of methoxy groups -OCH3 is 2. The van der Waals surface area contributed by atoms with Gasteiger partial charge in [0, 0.05) is 28.4 Å². The van der Waals surface area contributed by atoms with Crippen molar-refractivity contribution in [3.05, 3.63) is 137 Å². The second kappa shape index (κ2) is 13.6. The molecule has 0 aromatic heterocycles. The summed E-state index contributed by atoms with van der Waals surface area (Å²) in [7, 11) is 3.05. The molecule has 0 saturated carbocycles. The first kappa shape index (κ1) is 28.6. The Kier molecular flexibility index (Phi) is 9.46. The molecular formula is C34H30N2O5. The largest absolute Gasteiger partial charge is 0.497 e. The summed E-state index contributed by atoms with van der Waals surface area (Å²) < 4.78 is 10.7. The Morgan fingerprint density at radius 2 is 1.46 bits per heavy atom. The van der Waals surface area contributed by atoms with E-state index in [1.807, 2.05) is 31.2 Å². The lowest BCUT2D eigenvalue weighted by atomic mass is 10.1. The number of carbonyl (C=O) groups excluding carboxylic acids is 3. The van der Waals surface area contributed by atoms with Crippen molar-refractivity contribution in [3.63, 3.8) is 0 Å². The molecule has 0 atom stereocenters. The molecule has 0 aliphatic rings. The average molecular weight is 547 g/mol. The van der Waals surface area contributed by atoms with E-state index >= 15 is 0 Å². The number of nitrogens with one attached hydrogen (secondary N) is 2. The molecule has 7 nitrogen and oxygen atoms in total. The molecule has 0 fully saturated rings. The standard InChI is InChI=1S/C34H30N2O5/c1-23-9-11-24(12-10-23)13-20-31(37)25-14-17-28(18-15-25)35-34(39)30(36-33(38)26-7-5-4-6-8-26)21-27-16-19-29(40-2)22-32(27)41-3/h4-22H,1-3H3,(H,35,39)(H,36,38)/b20-13+,30-21-. The van der Waals surface area contributed by atoms with Gasteiger partial charge in [0.25, 0.3) is 11.8 Å². The number of anilines is 1. The Morgan fingerprint density at radius 3 is 2.12 bits per heavy atom. The smallest absolute Gasteiger partial charge is 0.272 e. The van der Waals surface area contributed by atoms with Crippen LogP contribution in [0.4, 0.5) is 5.69 Å². The van der Waals surface area contributed by atoms with Crippen molar-refractivity contribution < 1.29 is 23.9 Å². The first-order valence-electron chi connectivity index (χ1n) is 12.9. The second-order valence-corrected chi connectivity index (χ2v) is 9.13. The van der Waals surface area contributed by atoms with E-state index in [0.29, 0.717) is 33.9 Å². The van der Waals surface area contributed by atoms with Crippen molar-refractivity contribution in [3.8, 4) is 11.5 Å². The molecule has 0 radical (unpaired) electrons. The van der Waals surface area contributed by atoms with E-state index in [2.05, 4.69) is 10.6 Å². The summed E-state index contributed by atoms with van der Waals surface area (Å²) in [5.41, 5.74) is 3.97. The summed E-state index contributed by atoms with van der Waals surface area (Å²) in [5.74, 6) is -0.108. The topological polar surface area (TPSA) is 93.7 Å². The Morgan fingerprint density at radius 1 is 0.756 bits per heavy atom. The second-order valence-electron chi connectivity index (χ2n) is 9.13. The van der Waals surface area contributed by atoms with Crippen LogP contribution in [0.3, 0.4) is 0 Å². The minimum Gasteiger partial charge on any atom is -0.497 e. The van der Waals surface area contributed by atoms with Gasteiger partial charge in [-0.2, -0.15) is 0 Å². The summed E-state index contributed by atoms with van der Waals surface area (Å²) in [4.78, 5) is 38.9. The molecule has 206 valence electrons. The number of hydrogen-bond acceptors (Lipinski definition) is 5. The highest BCUT2D eigenvalue weighted by atomic mass is 16.5. The van der Waals surface area contributed by atoms with E-state index in [1.165, 1.54) is 19.3 Å². The summed E-state index contributed by atoms with van der Waals surface area (Å²) in [6.45, 7) is 2.00. The zero-order valence-electron chi connectivity index (χ0n) is 23.0. The van der Waals surface area contributed by atoms with Crippen molar-refractivity contribution in [2.24, 2.45) is 0 Å². The third kappa shape index (κ3) is 7.80. The maximum absolute atomic E-state index is 13.4. The van der Waals surface area contributed by atoms with E-state index in [-0.39, 0.29) is 11.5 Å². The molecule has 2 amide bonds. The van der Waals surface area contributed by atoms with Gasteiger partial charge in [0.1, 0.15) is 17.2 Å². The SMILES string of the molecule is COc1ccc(/C=C(\NC(=O)c2ccccc2)C(=O)Nc2ccc(C(=O)/C=C/c3ccc(C)cc3)cc2)c(OC)c1. The van der Waals surface area contributed by atoms with Crippen molar-refractivity contribution in [1.82, 2.24) is 5.32 Å². The van der Waals surface area contributed by atoms with Crippen LogP contribution >= 0.6 is 0 Å². The van der Waals surface area contributed by atoms with Gasteiger partial charge in [0.15, 0.2) is 5.78 Å². The average Bonchev–Trinajstić information content (AvgIpc) is 3.01. The summed E-state index contributed by atoms with van der Waals surface area (Å²) in [6.07, 6.45) is 4.81. The molecule has 4 aromatic rings. The number of ether oxygens (including phenoxy) is 2. The highest BCUT2D eigenvalue weighted by molar-refractivity contribution is 6.11. The normalized spacial score (nSPS) is 11.1. The summed E-state index contributed by atoms with van der Waals surface area (Å²) in [5, 5.41) is 5.50. The lowest BCUT2D eigenvalue weighted by Gasteiger charge is -2.13. The van der Waals surface area contributed by atoms with Crippen LogP contribution in [0.2, 0.25) is 0 Å². The van der Waals surface area contributed by atoms with Gasteiger partial charge in [-0.1, -0.05) is 54.1 Å². The van der Waals surface area contributed by atoms with Crippen LogP contribution in [0.5, 0.6) is 11.5 Å². The van der Waals surface area contributed by atoms with Gasteiger partial charge < -0.3 is 20.1 Å². The quantitative estimate of drug-likeness (QED) is 0.179. The monoisotopic (exact) mass is 546 g/mol. The molecule has 2 N–H and O–H groups in total. The molecule has 0 aliphatic heterocycles.